The van der Waals surface area contributed by atoms with Gasteiger partial charge < -0.3 is 10.1 Å². The fourth-order valence-corrected chi connectivity index (χ4v) is 2.22. The second kappa shape index (κ2) is 8.07. The Labute approximate surface area is 134 Å². The summed E-state index contributed by atoms with van der Waals surface area (Å²) in [6.07, 6.45) is 1.84. The third kappa shape index (κ3) is 4.35. The van der Waals surface area contributed by atoms with E-state index in [1.165, 1.54) is 3.57 Å². The van der Waals surface area contributed by atoms with Crippen molar-refractivity contribution in [1.82, 2.24) is 0 Å². The monoisotopic (exact) mass is 377 g/mol. The van der Waals surface area contributed by atoms with Gasteiger partial charge in [0, 0.05) is 15.9 Å². The van der Waals surface area contributed by atoms with Crippen molar-refractivity contribution in [1.29, 1.82) is 0 Å². The highest BCUT2D eigenvalue weighted by molar-refractivity contribution is 14.1. The predicted molar refractivity (Wildman–Crippen MR) is 92.1 cm³/mol. The summed E-state index contributed by atoms with van der Waals surface area (Å²) >= 11 is 2.32. The van der Waals surface area contributed by atoms with Crippen LogP contribution < -0.4 is 5.32 Å². The van der Waals surface area contributed by atoms with Crippen LogP contribution in [0.2, 0.25) is 0 Å². The minimum Gasteiger partial charge on any atom is -0.364 e. The van der Waals surface area contributed by atoms with Gasteiger partial charge in [0.25, 0.3) is 0 Å². The average molecular weight is 377 g/mol. The van der Waals surface area contributed by atoms with Crippen LogP contribution in [0.3, 0.4) is 0 Å². The van der Waals surface area contributed by atoms with Crippen molar-refractivity contribution in [3.63, 3.8) is 0 Å². The maximum atomic E-state index is 5.19. The lowest BCUT2D eigenvalue weighted by Gasteiger charge is -2.13. The molecule has 2 radical (unpaired) electrons. The highest BCUT2D eigenvalue weighted by Gasteiger charge is 2.04. The topological polar surface area (TPSA) is 21.3 Å². The molecule has 0 bridgehead atoms. The first-order valence-corrected chi connectivity index (χ1v) is 7.53. The summed E-state index contributed by atoms with van der Waals surface area (Å²) in [4.78, 5) is 0. The first-order valence-electron chi connectivity index (χ1n) is 6.45. The van der Waals surface area contributed by atoms with Crippen LogP contribution in [-0.4, -0.2) is 6.61 Å². The average Bonchev–Trinajstić information content (AvgIpc) is 2.49. The van der Waals surface area contributed by atoms with E-state index in [0.29, 0.717) is 6.61 Å². The maximum Gasteiger partial charge on any atom is 0.160 e. The molecule has 0 amide bonds. The maximum absolute atomic E-state index is 5.19. The summed E-state index contributed by atoms with van der Waals surface area (Å²) in [6.45, 7) is 5.40. The van der Waals surface area contributed by atoms with Crippen molar-refractivity contribution < 1.29 is 4.74 Å². The van der Waals surface area contributed by atoms with Gasteiger partial charge in [-0.05, 0) is 53.3 Å². The first-order chi connectivity index (χ1) is 9.81. The third-order valence-electron chi connectivity index (χ3n) is 2.66. The SMILES string of the molecule is CCO[C]/C=C(\Nc1ccccc1I)c1ccccc1. The van der Waals surface area contributed by atoms with Crippen LogP contribution in [-0.2, 0) is 4.74 Å². The molecule has 0 saturated carbocycles. The largest absolute Gasteiger partial charge is 0.364 e. The van der Waals surface area contributed by atoms with E-state index in [1.54, 1.807) is 0 Å². The van der Waals surface area contributed by atoms with Crippen LogP contribution in [0.4, 0.5) is 5.69 Å². The normalized spacial score (nSPS) is 11.4. The van der Waals surface area contributed by atoms with Gasteiger partial charge in [0.1, 0.15) is 0 Å². The van der Waals surface area contributed by atoms with E-state index in [9.17, 15) is 0 Å². The van der Waals surface area contributed by atoms with Crippen molar-refractivity contribution in [3.05, 3.63) is 76.4 Å². The van der Waals surface area contributed by atoms with Crippen molar-refractivity contribution in [2.24, 2.45) is 0 Å². The van der Waals surface area contributed by atoms with Gasteiger partial charge in [-0.1, -0.05) is 42.5 Å². The third-order valence-corrected chi connectivity index (χ3v) is 3.60. The van der Waals surface area contributed by atoms with E-state index in [4.69, 9.17) is 4.74 Å². The lowest BCUT2D eigenvalue weighted by molar-refractivity contribution is 0.233. The van der Waals surface area contributed by atoms with Crippen LogP contribution in [0.5, 0.6) is 0 Å². The van der Waals surface area contributed by atoms with Gasteiger partial charge in [0.2, 0.25) is 0 Å². The number of para-hydroxylation sites is 1. The van der Waals surface area contributed by atoms with Gasteiger partial charge in [-0.25, -0.2) is 0 Å². The van der Waals surface area contributed by atoms with E-state index in [1.807, 2.05) is 43.3 Å². The molecule has 0 saturated heterocycles. The summed E-state index contributed by atoms with van der Waals surface area (Å²) in [5.74, 6) is 0. The molecule has 3 heteroatoms. The van der Waals surface area contributed by atoms with Crippen molar-refractivity contribution in [3.8, 4) is 0 Å². The summed E-state index contributed by atoms with van der Waals surface area (Å²) in [6, 6.07) is 18.3. The summed E-state index contributed by atoms with van der Waals surface area (Å²) < 4.78 is 6.35. The molecule has 20 heavy (non-hydrogen) atoms. The van der Waals surface area contributed by atoms with Crippen LogP contribution >= 0.6 is 22.6 Å². The molecule has 0 aliphatic rings. The molecule has 2 aromatic rings. The molecule has 0 atom stereocenters. The molecule has 0 fully saturated rings. The highest BCUT2D eigenvalue weighted by Crippen LogP contribution is 2.23. The minimum absolute atomic E-state index is 0.613. The number of nitrogens with one attached hydrogen (secondary N) is 1. The van der Waals surface area contributed by atoms with Crippen LogP contribution in [0, 0.1) is 10.2 Å². The lowest BCUT2D eigenvalue weighted by atomic mass is 10.1. The highest BCUT2D eigenvalue weighted by atomic mass is 127. The molecule has 102 valence electrons. The van der Waals surface area contributed by atoms with Crippen molar-refractivity contribution in [2.45, 2.75) is 6.92 Å². The van der Waals surface area contributed by atoms with Crippen molar-refractivity contribution >= 4 is 34.0 Å². The molecule has 1 N–H and O–H groups in total. The molecule has 2 aromatic carbocycles. The second-order valence-corrected chi connectivity index (χ2v) is 5.24. The first kappa shape index (κ1) is 15.1. The number of benzene rings is 2. The van der Waals surface area contributed by atoms with Gasteiger partial charge in [-0.3, -0.25) is 0 Å². The minimum atomic E-state index is 0.613. The summed E-state index contributed by atoms with van der Waals surface area (Å²) in [5, 5.41) is 3.43. The summed E-state index contributed by atoms with van der Waals surface area (Å²) in [5.41, 5.74) is 3.13. The van der Waals surface area contributed by atoms with Gasteiger partial charge in [0.15, 0.2) is 6.61 Å². The van der Waals surface area contributed by atoms with E-state index in [-0.39, 0.29) is 0 Å². The number of anilines is 1. The van der Waals surface area contributed by atoms with E-state index < -0.39 is 0 Å². The number of hydrogen-bond acceptors (Lipinski definition) is 2. The molecule has 0 spiro atoms. The van der Waals surface area contributed by atoms with E-state index in [2.05, 4.69) is 58.8 Å². The number of hydrogen-bond donors (Lipinski definition) is 1. The number of halogens is 1. The standard InChI is InChI=1S/C17H16INO/c1-2-20-13-12-16(14-8-4-3-5-9-14)19-17-11-7-6-10-15(17)18/h3-12,19H,2H2,1H3/b16-12-. The molecule has 0 aromatic heterocycles. The quantitative estimate of drug-likeness (QED) is 0.576. The second-order valence-electron chi connectivity index (χ2n) is 4.08. The zero-order valence-electron chi connectivity index (χ0n) is 11.3. The number of ether oxygens (including phenoxy) is 1. The molecule has 2 rings (SSSR count). The van der Waals surface area contributed by atoms with Crippen LogP contribution in [0.25, 0.3) is 5.70 Å². The van der Waals surface area contributed by atoms with Crippen LogP contribution in [0.1, 0.15) is 12.5 Å². The molecule has 0 heterocycles. The number of rotatable bonds is 6. The lowest BCUT2D eigenvalue weighted by Crippen LogP contribution is -2.01. The Bertz CT molecular complexity index is 566. The Balaban J connectivity index is 2.23. The molecule has 0 aliphatic heterocycles. The van der Waals surface area contributed by atoms with Crippen LogP contribution in [0.15, 0.2) is 60.7 Å². The Kier molecular flexibility index (Phi) is 6.08. The summed E-state index contributed by atoms with van der Waals surface area (Å²) in [7, 11) is 0. The Morgan fingerprint density at radius 2 is 1.85 bits per heavy atom. The van der Waals surface area contributed by atoms with Gasteiger partial charge in [-0.15, -0.1) is 0 Å². The zero-order chi connectivity index (χ0) is 14.2. The Morgan fingerprint density at radius 1 is 1.15 bits per heavy atom. The Morgan fingerprint density at radius 3 is 2.55 bits per heavy atom. The molecule has 2 nitrogen and oxygen atoms in total. The predicted octanol–water partition coefficient (Wildman–Crippen LogP) is 4.82. The smallest absolute Gasteiger partial charge is 0.160 e. The van der Waals surface area contributed by atoms with Gasteiger partial charge in [0.05, 0.1) is 5.69 Å². The molecule has 0 unspecified atom stereocenters. The van der Waals surface area contributed by atoms with Crippen molar-refractivity contribution in [2.75, 3.05) is 11.9 Å². The Hall–Kier alpha value is -1.33. The zero-order valence-corrected chi connectivity index (χ0v) is 13.4. The molecular formula is C17H16INO. The fourth-order valence-electron chi connectivity index (χ4n) is 1.70. The van der Waals surface area contributed by atoms with Gasteiger partial charge >= 0.3 is 0 Å². The van der Waals surface area contributed by atoms with E-state index in [0.717, 1.165) is 16.9 Å². The fraction of sp³-hybridized carbons (Fsp3) is 0.118. The molecular weight excluding hydrogens is 361 g/mol. The van der Waals surface area contributed by atoms with E-state index >= 15 is 0 Å². The molecule has 0 aliphatic carbocycles. The van der Waals surface area contributed by atoms with Gasteiger partial charge in [-0.2, -0.15) is 0 Å².